The van der Waals surface area contributed by atoms with Crippen molar-refractivity contribution in [1.82, 2.24) is 10.6 Å². The van der Waals surface area contributed by atoms with Crippen molar-refractivity contribution in [3.8, 4) is 5.75 Å². The fourth-order valence-electron chi connectivity index (χ4n) is 5.35. The van der Waals surface area contributed by atoms with Gasteiger partial charge < -0.3 is 35.2 Å². The molecule has 5 rings (SSSR count). The number of cyclic esters (lactones) is 1. The molecule has 1 saturated heterocycles. The number of carbonyl (C=O) groups excluding carboxylic acids is 5. The molecular formula is C33H34N4O9. The molecule has 2 aliphatic rings. The molecule has 3 atom stereocenters. The van der Waals surface area contributed by atoms with E-state index in [9.17, 15) is 34.2 Å². The molecule has 0 spiro atoms. The Hall–Kier alpha value is -5.27. The van der Waals surface area contributed by atoms with E-state index < -0.39 is 54.1 Å². The number of para-hydroxylation sites is 2. The fourth-order valence-corrected chi connectivity index (χ4v) is 5.35. The monoisotopic (exact) mass is 630 g/mol. The highest BCUT2D eigenvalue weighted by atomic mass is 16.7. The molecule has 3 amide bonds. The van der Waals surface area contributed by atoms with Gasteiger partial charge in [-0.2, -0.15) is 0 Å². The SMILES string of the molecule is Cc1cc(C(=O)NC(O)C(=O)[C@@H]2CNc3ccccc3N(CC(=O)NC3(OCc4ccccc4)CCC(=O)O3)C2=O)cc(C)c1O. The minimum absolute atomic E-state index is 0.00787. The first-order valence-corrected chi connectivity index (χ1v) is 14.6. The number of aliphatic hydroxyl groups excluding tert-OH is 1. The highest BCUT2D eigenvalue weighted by Gasteiger charge is 2.45. The van der Waals surface area contributed by atoms with Gasteiger partial charge in [-0.1, -0.05) is 42.5 Å². The third-order valence-corrected chi connectivity index (χ3v) is 7.77. The molecule has 5 N–H and O–H groups in total. The number of hydrogen-bond acceptors (Lipinski definition) is 10. The predicted octanol–water partition coefficient (Wildman–Crippen LogP) is 2.03. The number of nitrogens with one attached hydrogen (secondary N) is 3. The number of aromatic hydroxyl groups is 1. The molecule has 46 heavy (non-hydrogen) atoms. The van der Waals surface area contributed by atoms with E-state index in [1.165, 1.54) is 12.1 Å². The topological polar surface area (TPSA) is 184 Å². The number of rotatable bonds is 10. The highest BCUT2D eigenvalue weighted by molar-refractivity contribution is 6.14. The lowest BCUT2D eigenvalue weighted by Crippen LogP contribution is -2.55. The molecule has 2 aliphatic heterocycles. The quantitative estimate of drug-likeness (QED) is 0.126. The van der Waals surface area contributed by atoms with Crippen LogP contribution in [0.3, 0.4) is 0 Å². The first-order valence-electron chi connectivity index (χ1n) is 14.6. The van der Waals surface area contributed by atoms with Crippen molar-refractivity contribution >= 4 is 40.8 Å². The summed E-state index contributed by atoms with van der Waals surface area (Å²) in [6.45, 7) is 2.44. The van der Waals surface area contributed by atoms with Gasteiger partial charge in [0.05, 0.1) is 24.4 Å². The third-order valence-electron chi connectivity index (χ3n) is 7.77. The Bertz CT molecular complexity index is 1660. The summed E-state index contributed by atoms with van der Waals surface area (Å²) < 4.78 is 11.3. The van der Waals surface area contributed by atoms with E-state index >= 15 is 0 Å². The van der Waals surface area contributed by atoms with Crippen LogP contribution in [-0.2, 0) is 35.3 Å². The zero-order chi connectivity index (χ0) is 33.0. The van der Waals surface area contributed by atoms with Gasteiger partial charge in [-0.05, 0) is 54.8 Å². The lowest BCUT2D eigenvalue weighted by Gasteiger charge is -2.30. The summed E-state index contributed by atoms with van der Waals surface area (Å²) in [6.07, 6.45) is -2.00. The number of ether oxygens (including phenoxy) is 2. The van der Waals surface area contributed by atoms with Crippen LogP contribution in [0.15, 0.2) is 66.7 Å². The van der Waals surface area contributed by atoms with Crippen molar-refractivity contribution in [3.63, 3.8) is 0 Å². The van der Waals surface area contributed by atoms with E-state index in [2.05, 4.69) is 16.0 Å². The Labute approximate surface area is 264 Å². The largest absolute Gasteiger partial charge is 0.507 e. The molecule has 0 saturated carbocycles. The van der Waals surface area contributed by atoms with Crippen LogP contribution >= 0.6 is 0 Å². The number of hydrogen-bond donors (Lipinski definition) is 5. The standard InChI is InChI=1S/C33H34N4O9/c1-19-14-22(15-20(2)28(19)40)30(42)35-31(43)29(41)23-16-34-24-10-6-7-11-25(24)37(32(23)44)17-26(38)36-33(13-12-27(39)46-33)45-18-21-8-4-3-5-9-21/h3-11,14-15,23,31,34,40,43H,12-13,16-18H2,1-2H3,(H,35,42)(H,36,38)/t23-,31?,33?/m0/s1. The van der Waals surface area contributed by atoms with Crippen LogP contribution < -0.4 is 20.9 Å². The number of carbonyl (C=O) groups is 5. The summed E-state index contributed by atoms with van der Waals surface area (Å²) in [5.41, 5.74) is 2.50. The maximum atomic E-state index is 13.9. The van der Waals surface area contributed by atoms with Crippen LogP contribution in [0.4, 0.5) is 11.4 Å². The van der Waals surface area contributed by atoms with E-state index in [0.717, 1.165) is 10.5 Å². The number of esters is 1. The maximum Gasteiger partial charge on any atom is 0.309 e. The van der Waals surface area contributed by atoms with Gasteiger partial charge in [0.15, 0.2) is 12.0 Å². The molecule has 0 aliphatic carbocycles. The van der Waals surface area contributed by atoms with Gasteiger partial charge in [0.1, 0.15) is 18.2 Å². The summed E-state index contributed by atoms with van der Waals surface area (Å²) in [6, 6.07) is 18.5. The van der Waals surface area contributed by atoms with Crippen LogP contribution in [0.25, 0.3) is 0 Å². The average molecular weight is 631 g/mol. The van der Waals surface area contributed by atoms with E-state index in [1.54, 1.807) is 38.1 Å². The number of ketones is 1. The molecule has 3 aromatic carbocycles. The highest BCUT2D eigenvalue weighted by Crippen LogP contribution is 2.32. The number of aliphatic hydroxyl groups is 1. The van der Waals surface area contributed by atoms with Crippen LogP contribution in [0.2, 0.25) is 0 Å². The Morgan fingerprint density at radius 2 is 1.74 bits per heavy atom. The van der Waals surface area contributed by atoms with Crippen molar-refractivity contribution in [2.45, 2.75) is 45.4 Å². The molecule has 0 aromatic heterocycles. The molecule has 2 heterocycles. The molecule has 240 valence electrons. The second kappa shape index (κ2) is 13.4. The summed E-state index contributed by atoms with van der Waals surface area (Å²) in [4.78, 5) is 66.7. The molecule has 13 heteroatoms. The molecule has 0 bridgehead atoms. The van der Waals surface area contributed by atoms with Crippen LogP contribution in [-0.4, -0.2) is 64.9 Å². The van der Waals surface area contributed by atoms with Gasteiger partial charge in [0, 0.05) is 18.5 Å². The van der Waals surface area contributed by atoms with Crippen LogP contribution in [0.1, 0.15) is 39.9 Å². The van der Waals surface area contributed by atoms with E-state index in [4.69, 9.17) is 9.47 Å². The summed E-state index contributed by atoms with van der Waals surface area (Å²) in [5.74, 6) is -7.10. The van der Waals surface area contributed by atoms with Crippen LogP contribution in [0, 0.1) is 19.8 Å². The van der Waals surface area contributed by atoms with Crippen molar-refractivity contribution < 1.29 is 43.7 Å². The van der Waals surface area contributed by atoms with Crippen molar-refractivity contribution in [1.29, 1.82) is 0 Å². The molecule has 13 nitrogen and oxygen atoms in total. The summed E-state index contributed by atoms with van der Waals surface area (Å²) in [5, 5.41) is 28.6. The fraction of sp³-hybridized carbons (Fsp3) is 0.303. The number of aryl methyl sites for hydroxylation is 2. The van der Waals surface area contributed by atoms with Crippen LogP contribution in [0.5, 0.6) is 5.75 Å². The summed E-state index contributed by atoms with van der Waals surface area (Å²) in [7, 11) is 0. The van der Waals surface area contributed by atoms with Gasteiger partial charge >= 0.3 is 5.97 Å². The van der Waals surface area contributed by atoms with E-state index in [1.807, 2.05) is 30.3 Å². The number of benzene rings is 3. The molecule has 2 unspecified atom stereocenters. The van der Waals surface area contributed by atoms with Gasteiger partial charge in [-0.15, -0.1) is 0 Å². The van der Waals surface area contributed by atoms with Crippen molar-refractivity contribution in [2.75, 3.05) is 23.3 Å². The minimum Gasteiger partial charge on any atom is -0.507 e. The van der Waals surface area contributed by atoms with Crippen molar-refractivity contribution in [2.24, 2.45) is 5.92 Å². The number of Topliss-reactive ketones (excluding diaryl/α,β-unsaturated/α-hetero) is 1. The Morgan fingerprint density at radius 1 is 1.07 bits per heavy atom. The normalized spacial score (nSPS) is 19.7. The number of anilines is 2. The third kappa shape index (κ3) is 7.00. The van der Waals surface area contributed by atoms with Gasteiger partial charge in [0.25, 0.3) is 11.8 Å². The summed E-state index contributed by atoms with van der Waals surface area (Å²) >= 11 is 0. The molecule has 3 aromatic rings. The average Bonchev–Trinajstić information content (AvgIpc) is 3.34. The number of nitrogens with zero attached hydrogens (tertiary/aromatic N) is 1. The maximum absolute atomic E-state index is 13.9. The Morgan fingerprint density at radius 3 is 2.41 bits per heavy atom. The zero-order valence-corrected chi connectivity index (χ0v) is 25.2. The van der Waals surface area contributed by atoms with E-state index in [0.29, 0.717) is 22.5 Å². The van der Waals surface area contributed by atoms with Crippen molar-refractivity contribution in [3.05, 3.63) is 89.0 Å². The number of fused-ring (bicyclic) bond motifs is 1. The second-order valence-electron chi connectivity index (χ2n) is 11.2. The molecular weight excluding hydrogens is 596 g/mol. The Kier molecular flexibility index (Phi) is 9.35. The smallest absolute Gasteiger partial charge is 0.309 e. The lowest BCUT2D eigenvalue weighted by molar-refractivity contribution is -0.232. The minimum atomic E-state index is -2.05. The van der Waals surface area contributed by atoms with Gasteiger partial charge in [0.2, 0.25) is 11.8 Å². The van der Waals surface area contributed by atoms with Gasteiger partial charge in [-0.3, -0.25) is 29.3 Å². The number of phenols is 1. The van der Waals surface area contributed by atoms with E-state index in [-0.39, 0.29) is 37.3 Å². The number of phenolic OH excluding ortho intramolecular Hbond substituents is 1. The number of amides is 3. The lowest BCUT2D eigenvalue weighted by atomic mass is 10.0. The second-order valence-corrected chi connectivity index (χ2v) is 11.2. The van der Waals surface area contributed by atoms with Gasteiger partial charge in [-0.25, -0.2) is 0 Å². The molecule has 1 fully saturated rings. The first kappa shape index (κ1) is 32.1. The first-order chi connectivity index (χ1) is 22.0. The zero-order valence-electron chi connectivity index (χ0n) is 25.2. The molecule has 0 radical (unpaired) electrons. The Balaban J connectivity index is 1.32. The predicted molar refractivity (Wildman–Crippen MR) is 164 cm³/mol.